The molecule has 25 heavy (non-hydrogen) atoms. The van der Waals surface area contributed by atoms with E-state index in [1.165, 1.54) is 0 Å². The van der Waals surface area contributed by atoms with Gasteiger partial charge in [0.05, 0.1) is 12.1 Å². The predicted molar refractivity (Wildman–Crippen MR) is 103 cm³/mol. The van der Waals surface area contributed by atoms with Gasteiger partial charge in [0.25, 0.3) is 0 Å². The second kappa shape index (κ2) is 7.45. The molecule has 2 aromatic carbocycles. The number of carbonyl (C=O) groups excluding carboxylic acids is 1. The second-order valence-corrected chi connectivity index (χ2v) is 6.48. The third-order valence-electron chi connectivity index (χ3n) is 4.32. The van der Waals surface area contributed by atoms with E-state index in [1.807, 2.05) is 56.1 Å². The first-order chi connectivity index (χ1) is 12.0. The largest absolute Gasteiger partial charge is 0.324 e. The lowest BCUT2D eigenvalue weighted by Crippen LogP contribution is -2.30. The zero-order valence-corrected chi connectivity index (χ0v) is 14.9. The maximum atomic E-state index is 12.4. The fourth-order valence-corrected chi connectivity index (χ4v) is 3.08. The molecule has 1 N–H and O–H groups in total. The number of rotatable bonds is 5. The summed E-state index contributed by atoms with van der Waals surface area (Å²) >= 11 is 0. The lowest BCUT2D eigenvalue weighted by molar-refractivity contribution is -0.117. The monoisotopic (exact) mass is 333 g/mol. The third-order valence-corrected chi connectivity index (χ3v) is 4.32. The first-order valence-electron chi connectivity index (χ1n) is 8.42. The number of likely N-dealkylation sites (N-methyl/N-ethyl adjacent to an activating group) is 1. The molecule has 3 aromatic rings. The van der Waals surface area contributed by atoms with Crippen LogP contribution >= 0.6 is 0 Å². The summed E-state index contributed by atoms with van der Waals surface area (Å²) in [6, 6.07) is 16.2. The Morgan fingerprint density at radius 2 is 1.72 bits per heavy atom. The van der Waals surface area contributed by atoms with Crippen LogP contribution in [0.2, 0.25) is 0 Å². The van der Waals surface area contributed by atoms with E-state index < -0.39 is 0 Å². The average Bonchev–Trinajstić information content (AvgIpc) is 2.58. The quantitative estimate of drug-likeness (QED) is 0.770. The predicted octanol–water partition coefficient (Wildman–Crippen LogP) is 3.92. The van der Waals surface area contributed by atoms with Crippen molar-refractivity contribution in [2.45, 2.75) is 20.4 Å². The molecular weight excluding hydrogens is 310 g/mol. The summed E-state index contributed by atoms with van der Waals surface area (Å²) in [6.07, 6.45) is 1.81. The van der Waals surface area contributed by atoms with Crippen LogP contribution in [0.3, 0.4) is 0 Å². The van der Waals surface area contributed by atoms with Crippen molar-refractivity contribution in [1.82, 2.24) is 9.88 Å². The SMILES string of the molecule is Cc1cccc(C)c1NC(=O)CN(C)Cc1cccc2cccnc12. The second-order valence-electron chi connectivity index (χ2n) is 6.48. The zero-order chi connectivity index (χ0) is 17.8. The van der Waals surface area contributed by atoms with Crippen LogP contribution in [0.4, 0.5) is 5.69 Å². The first-order valence-corrected chi connectivity index (χ1v) is 8.42. The molecule has 0 saturated heterocycles. The van der Waals surface area contributed by atoms with Gasteiger partial charge in [0.15, 0.2) is 0 Å². The highest BCUT2D eigenvalue weighted by Gasteiger charge is 2.11. The number of para-hydroxylation sites is 2. The molecule has 3 rings (SSSR count). The number of aromatic nitrogens is 1. The van der Waals surface area contributed by atoms with Crippen molar-refractivity contribution in [1.29, 1.82) is 0 Å². The number of nitrogens with one attached hydrogen (secondary N) is 1. The summed E-state index contributed by atoms with van der Waals surface area (Å²) in [6.45, 7) is 5.02. The van der Waals surface area contributed by atoms with Crippen LogP contribution in [-0.2, 0) is 11.3 Å². The summed E-state index contributed by atoms with van der Waals surface area (Å²) in [7, 11) is 1.95. The fraction of sp³-hybridized carbons (Fsp3) is 0.238. The Bertz CT molecular complexity index is 879. The molecule has 4 nitrogen and oxygen atoms in total. The maximum absolute atomic E-state index is 12.4. The van der Waals surface area contributed by atoms with Crippen molar-refractivity contribution in [3.8, 4) is 0 Å². The molecule has 1 aromatic heterocycles. The van der Waals surface area contributed by atoms with E-state index in [1.54, 1.807) is 6.20 Å². The van der Waals surface area contributed by atoms with E-state index in [0.29, 0.717) is 13.1 Å². The number of hydrogen-bond acceptors (Lipinski definition) is 3. The summed E-state index contributed by atoms with van der Waals surface area (Å²) in [5, 5.41) is 4.15. The Morgan fingerprint density at radius 1 is 1.04 bits per heavy atom. The minimum Gasteiger partial charge on any atom is -0.324 e. The minimum atomic E-state index is -0.00639. The van der Waals surface area contributed by atoms with Crippen LogP contribution < -0.4 is 5.32 Å². The van der Waals surface area contributed by atoms with Gasteiger partial charge in [-0.3, -0.25) is 14.7 Å². The number of carbonyl (C=O) groups is 1. The van der Waals surface area contributed by atoms with Crippen molar-refractivity contribution in [2.75, 3.05) is 18.9 Å². The molecule has 0 aliphatic carbocycles. The van der Waals surface area contributed by atoms with Crippen molar-refractivity contribution in [3.63, 3.8) is 0 Å². The summed E-state index contributed by atoms with van der Waals surface area (Å²) in [4.78, 5) is 18.9. The summed E-state index contributed by atoms with van der Waals surface area (Å²) in [5.74, 6) is -0.00639. The van der Waals surface area contributed by atoms with E-state index in [-0.39, 0.29) is 5.91 Å². The van der Waals surface area contributed by atoms with Crippen LogP contribution in [-0.4, -0.2) is 29.4 Å². The van der Waals surface area contributed by atoms with Gasteiger partial charge in [-0.1, -0.05) is 42.5 Å². The highest BCUT2D eigenvalue weighted by Crippen LogP contribution is 2.20. The number of hydrogen-bond donors (Lipinski definition) is 1. The lowest BCUT2D eigenvalue weighted by Gasteiger charge is -2.18. The van der Waals surface area contributed by atoms with Gasteiger partial charge in [-0.15, -0.1) is 0 Å². The first kappa shape index (κ1) is 17.1. The molecule has 0 aliphatic heterocycles. The van der Waals surface area contributed by atoms with E-state index in [2.05, 4.69) is 28.5 Å². The lowest BCUT2D eigenvalue weighted by atomic mass is 10.1. The molecule has 1 heterocycles. The standard InChI is InChI=1S/C21H23N3O/c1-15-7-4-8-16(2)20(15)23-19(25)14-24(3)13-18-10-5-9-17-11-6-12-22-21(17)18/h4-12H,13-14H2,1-3H3,(H,23,25). The van der Waals surface area contributed by atoms with Crippen LogP contribution in [0.5, 0.6) is 0 Å². The molecule has 0 unspecified atom stereocenters. The van der Waals surface area contributed by atoms with Crippen molar-refractivity contribution < 1.29 is 4.79 Å². The van der Waals surface area contributed by atoms with Crippen LogP contribution in [0.15, 0.2) is 54.7 Å². The van der Waals surface area contributed by atoms with Gasteiger partial charge in [-0.2, -0.15) is 0 Å². The molecule has 0 spiro atoms. The molecular formula is C21H23N3O. The van der Waals surface area contributed by atoms with Crippen LogP contribution in [0.1, 0.15) is 16.7 Å². The van der Waals surface area contributed by atoms with Crippen molar-refractivity contribution in [2.24, 2.45) is 0 Å². The topological polar surface area (TPSA) is 45.2 Å². The number of pyridine rings is 1. The maximum Gasteiger partial charge on any atom is 0.238 e. The Kier molecular flexibility index (Phi) is 5.10. The van der Waals surface area contributed by atoms with E-state index in [9.17, 15) is 4.79 Å². The Hall–Kier alpha value is -2.72. The highest BCUT2D eigenvalue weighted by molar-refractivity contribution is 5.93. The van der Waals surface area contributed by atoms with E-state index in [0.717, 1.165) is 33.3 Å². The molecule has 0 atom stereocenters. The van der Waals surface area contributed by atoms with Crippen LogP contribution in [0.25, 0.3) is 10.9 Å². The van der Waals surface area contributed by atoms with Gasteiger partial charge in [0.2, 0.25) is 5.91 Å². The van der Waals surface area contributed by atoms with E-state index in [4.69, 9.17) is 0 Å². The molecule has 128 valence electrons. The van der Waals surface area contributed by atoms with E-state index >= 15 is 0 Å². The summed E-state index contributed by atoms with van der Waals surface area (Å²) < 4.78 is 0. The molecule has 0 bridgehead atoms. The molecule has 4 heteroatoms. The van der Waals surface area contributed by atoms with Crippen LogP contribution in [0, 0.1) is 13.8 Å². The zero-order valence-electron chi connectivity index (χ0n) is 14.9. The molecule has 0 saturated carbocycles. The number of amides is 1. The number of anilines is 1. The van der Waals surface area contributed by atoms with Gasteiger partial charge in [-0.05, 0) is 43.7 Å². The fourth-order valence-electron chi connectivity index (χ4n) is 3.08. The number of benzene rings is 2. The molecule has 1 amide bonds. The Labute approximate surface area is 148 Å². The van der Waals surface area contributed by atoms with Gasteiger partial charge < -0.3 is 5.32 Å². The molecule has 0 fully saturated rings. The van der Waals surface area contributed by atoms with Gasteiger partial charge in [0.1, 0.15) is 0 Å². The van der Waals surface area contributed by atoms with Gasteiger partial charge in [0, 0.05) is 23.8 Å². The smallest absolute Gasteiger partial charge is 0.238 e. The van der Waals surface area contributed by atoms with Gasteiger partial charge in [-0.25, -0.2) is 0 Å². The molecule has 0 aliphatic rings. The number of nitrogens with zero attached hydrogens (tertiary/aromatic N) is 2. The normalized spacial score (nSPS) is 11.0. The molecule has 0 radical (unpaired) electrons. The average molecular weight is 333 g/mol. The summed E-state index contributed by atoms with van der Waals surface area (Å²) in [5.41, 5.74) is 5.18. The Balaban J connectivity index is 1.68. The number of fused-ring (bicyclic) bond motifs is 1. The minimum absolute atomic E-state index is 0.00639. The third kappa shape index (κ3) is 4.03. The van der Waals surface area contributed by atoms with Crippen molar-refractivity contribution >= 4 is 22.5 Å². The highest BCUT2D eigenvalue weighted by atomic mass is 16.2. The number of aryl methyl sites for hydroxylation is 2. The Morgan fingerprint density at radius 3 is 2.48 bits per heavy atom. The van der Waals surface area contributed by atoms with Crippen molar-refractivity contribution in [3.05, 3.63) is 71.4 Å². The van der Waals surface area contributed by atoms with Gasteiger partial charge >= 0.3 is 0 Å².